The highest BCUT2D eigenvalue weighted by molar-refractivity contribution is 5.78. The Balaban J connectivity index is 1.43. The molecule has 1 aliphatic rings. The topological polar surface area (TPSA) is 46.5 Å². The number of ether oxygens (including phenoxy) is 1. The maximum atomic E-state index is 11.8. The van der Waals surface area contributed by atoms with Crippen LogP contribution < -0.4 is 0 Å². The van der Waals surface area contributed by atoms with Crippen LogP contribution >= 0.6 is 0 Å². The standard InChI is InChI=1S/C29H44O3/c1-2-3-4-5-6-7-8-9-10-11-12-13-14-15-19-22-26(30)24-28-27(29(31)32-28)23-25-20-17-16-18-21-25/h6-7,9-10,16-18,20-21,26-28,30H,2-5,8,11-15,19,22-24H2,1H3/t26-,27-,28+/m1/s1. The molecule has 3 heteroatoms. The molecule has 0 radical (unpaired) electrons. The Kier molecular flexibility index (Phi) is 13.8. The zero-order chi connectivity index (χ0) is 22.9. The molecule has 0 amide bonds. The molecule has 0 unspecified atom stereocenters. The Hall–Kier alpha value is -1.87. The lowest BCUT2D eigenvalue weighted by Gasteiger charge is -2.36. The Morgan fingerprint density at radius 1 is 0.906 bits per heavy atom. The van der Waals surface area contributed by atoms with E-state index in [-0.39, 0.29) is 24.1 Å². The normalized spacial score (nSPS) is 19.4. The second-order valence-electron chi connectivity index (χ2n) is 9.18. The number of hydrogen-bond donors (Lipinski definition) is 1. The van der Waals surface area contributed by atoms with Gasteiger partial charge in [-0.05, 0) is 50.5 Å². The lowest BCUT2D eigenvalue weighted by molar-refractivity contribution is -0.187. The van der Waals surface area contributed by atoms with E-state index in [1.54, 1.807) is 0 Å². The van der Waals surface area contributed by atoms with Crippen LogP contribution in [0, 0.1) is 5.92 Å². The number of aliphatic hydroxyl groups excluding tert-OH is 1. The number of carbonyl (C=O) groups is 1. The van der Waals surface area contributed by atoms with Gasteiger partial charge >= 0.3 is 5.97 Å². The van der Waals surface area contributed by atoms with Crippen LogP contribution in [0.15, 0.2) is 54.6 Å². The first kappa shape index (κ1) is 26.4. The summed E-state index contributed by atoms with van der Waals surface area (Å²) >= 11 is 0. The fourth-order valence-electron chi connectivity index (χ4n) is 4.27. The first-order valence-corrected chi connectivity index (χ1v) is 12.9. The number of aliphatic hydroxyl groups is 1. The number of benzene rings is 1. The van der Waals surface area contributed by atoms with E-state index in [0.717, 1.165) is 24.8 Å². The van der Waals surface area contributed by atoms with Crippen LogP contribution in [0.3, 0.4) is 0 Å². The Bertz CT molecular complexity index is 664. The summed E-state index contributed by atoms with van der Waals surface area (Å²) < 4.78 is 5.31. The minimum absolute atomic E-state index is 0.100. The van der Waals surface area contributed by atoms with Gasteiger partial charge in [-0.25, -0.2) is 0 Å². The largest absolute Gasteiger partial charge is 0.461 e. The predicted molar refractivity (Wildman–Crippen MR) is 133 cm³/mol. The Labute approximate surface area is 196 Å². The molecule has 1 aromatic rings. The van der Waals surface area contributed by atoms with Gasteiger partial charge in [0.1, 0.15) is 6.10 Å². The zero-order valence-corrected chi connectivity index (χ0v) is 20.1. The van der Waals surface area contributed by atoms with Crippen molar-refractivity contribution in [2.24, 2.45) is 5.92 Å². The molecule has 1 fully saturated rings. The highest BCUT2D eigenvalue weighted by atomic mass is 16.6. The SMILES string of the molecule is CCCCCC=CCC=CCCCCCCC[C@@H](O)C[C@@H]1OC(=O)[C@@H]1Cc1ccccc1. The van der Waals surface area contributed by atoms with Crippen molar-refractivity contribution in [2.75, 3.05) is 0 Å². The minimum atomic E-state index is -0.371. The maximum absolute atomic E-state index is 11.8. The quantitative estimate of drug-likeness (QED) is 0.148. The van der Waals surface area contributed by atoms with Crippen molar-refractivity contribution in [1.29, 1.82) is 0 Å². The number of esters is 1. The number of unbranched alkanes of at least 4 members (excludes halogenated alkanes) is 8. The Morgan fingerprint density at radius 3 is 2.25 bits per heavy atom. The zero-order valence-electron chi connectivity index (χ0n) is 20.1. The van der Waals surface area contributed by atoms with E-state index < -0.39 is 0 Å². The van der Waals surface area contributed by atoms with Crippen LogP contribution in [0.2, 0.25) is 0 Å². The molecule has 0 aromatic heterocycles. The van der Waals surface area contributed by atoms with Gasteiger partial charge in [0.15, 0.2) is 0 Å². The summed E-state index contributed by atoms with van der Waals surface area (Å²) in [6.07, 6.45) is 24.1. The molecule has 1 N–H and O–H groups in total. The summed E-state index contributed by atoms with van der Waals surface area (Å²) in [6, 6.07) is 10.1. The lowest BCUT2D eigenvalue weighted by Crippen LogP contribution is -2.47. The van der Waals surface area contributed by atoms with E-state index in [2.05, 4.69) is 31.2 Å². The molecule has 1 saturated heterocycles. The molecule has 0 saturated carbocycles. The summed E-state index contributed by atoms with van der Waals surface area (Å²) in [5, 5.41) is 10.4. The van der Waals surface area contributed by atoms with Crippen LogP contribution in [-0.4, -0.2) is 23.3 Å². The van der Waals surface area contributed by atoms with Crippen molar-refractivity contribution in [2.45, 2.75) is 109 Å². The maximum Gasteiger partial charge on any atom is 0.313 e. The third kappa shape index (κ3) is 11.1. The summed E-state index contributed by atoms with van der Waals surface area (Å²) in [5.41, 5.74) is 1.15. The highest BCUT2D eigenvalue weighted by Crippen LogP contribution is 2.30. The average molecular weight is 441 g/mol. The third-order valence-corrected chi connectivity index (χ3v) is 6.31. The molecule has 3 atom stereocenters. The van der Waals surface area contributed by atoms with Crippen LogP contribution in [0.1, 0.15) is 96.0 Å². The van der Waals surface area contributed by atoms with Crippen LogP contribution in [0.4, 0.5) is 0 Å². The van der Waals surface area contributed by atoms with E-state index in [1.165, 1.54) is 57.8 Å². The van der Waals surface area contributed by atoms with Crippen molar-refractivity contribution >= 4 is 5.97 Å². The van der Waals surface area contributed by atoms with E-state index in [0.29, 0.717) is 12.8 Å². The summed E-state index contributed by atoms with van der Waals surface area (Å²) in [7, 11) is 0. The van der Waals surface area contributed by atoms with Gasteiger partial charge in [-0.3, -0.25) is 4.79 Å². The van der Waals surface area contributed by atoms with Gasteiger partial charge < -0.3 is 9.84 Å². The van der Waals surface area contributed by atoms with Crippen LogP contribution in [0.5, 0.6) is 0 Å². The van der Waals surface area contributed by atoms with E-state index in [4.69, 9.17) is 4.74 Å². The van der Waals surface area contributed by atoms with Crippen molar-refractivity contribution in [3.8, 4) is 0 Å². The van der Waals surface area contributed by atoms with E-state index in [9.17, 15) is 9.90 Å². The van der Waals surface area contributed by atoms with Crippen LogP contribution in [0.25, 0.3) is 0 Å². The highest BCUT2D eigenvalue weighted by Gasteiger charge is 2.42. The fourth-order valence-corrected chi connectivity index (χ4v) is 4.27. The number of hydrogen-bond acceptors (Lipinski definition) is 3. The van der Waals surface area contributed by atoms with Crippen molar-refractivity contribution in [1.82, 2.24) is 0 Å². The molecule has 178 valence electrons. The molecule has 1 heterocycles. The van der Waals surface area contributed by atoms with Gasteiger partial charge in [0.05, 0.1) is 12.0 Å². The predicted octanol–water partition coefficient (Wildman–Crippen LogP) is 7.34. The van der Waals surface area contributed by atoms with Gasteiger partial charge in [0.25, 0.3) is 0 Å². The molecule has 0 bridgehead atoms. The molecule has 0 aliphatic carbocycles. The fraction of sp³-hybridized carbons (Fsp3) is 0.621. The number of cyclic esters (lactones) is 1. The second-order valence-corrected chi connectivity index (χ2v) is 9.18. The molecular formula is C29H44O3. The van der Waals surface area contributed by atoms with Crippen molar-refractivity contribution < 1.29 is 14.6 Å². The summed E-state index contributed by atoms with van der Waals surface area (Å²) in [5.74, 6) is -0.222. The van der Waals surface area contributed by atoms with Gasteiger partial charge in [0.2, 0.25) is 0 Å². The van der Waals surface area contributed by atoms with Gasteiger partial charge in [-0.1, -0.05) is 100 Å². The molecule has 2 rings (SSSR count). The average Bonchev–Trinajstić information content (AvgIpc) is 2.80. The van der Waals surface area contributed by atoms with Gasteiger partial charge in [-0.15, -0.1) is 0 Å². The van der Waals surface area contributed by atoms with Gasteiger partial charge in [0, 0.05) is 6.42 Å². The molecular weight excluding hydrogens is 396 g/mol. The summed E-state index contributed by atoms with van der Waals surface area (Å²) in [4.78, 5) is 11.8. The monoisotopic (exact) mass is 440 g/mol. The third-order valence-electron chi connectivity index (χ3n) is 6.31. The molecule has 1 aromatic carbocycles. The van der Waals surface area contributed by atoms with Gasteiger partial charge in [-0.2, -0.15) is 0 Å². The minimum Gasteiger partial charge on any atom is -0.461 e. The first-order valence-electron chi connectivity index (χ1n) is 12.9. The molecule has 3 nitrogen and oxygen atoms in total. The lowest BCUT2D eigenvalue weighted by atomic mass is 9.86. The summed E-state index contributed by atoms with van der Waals surface area (Å²) in [6.45, 7) is 2.24. The first-order chi connectivity index (χ1) is 15.7. The molecule has 0 spiro atoms. The number of allylic oxidation sites excluding steroid dienone is 4. The van der Waals surface area contributed by atoms with E-state index in [1.807, 2.05) is 30.3 Å². The number of carbonyl (C=O) groups excluding carboxylic acids is 1. The van der Waals surface area contributed by atoms with Crippen molar-refractivity contribution in [3.63, 3.8) is 0 Å². The van der Waals surface area contributed by atoms with Crippen LogP contribution in [-0.2, 0) is 16.0 Å². The Morgan fingerprint density at radius 2 is 1.56 bits per heavy atom. The number of rotatable bonds is 18. The molecule has 1 aliphatic heterocycles. The smallest absolute Gasteiger partial charge is 0.313 e. The van der Waals surface area contributed by atoms with Crippen molar-refractivity contribution in [3.05, 3.63) is 60.2 Å². The second kappa shape index (κ2) is 16.7. The van der Waals surface area contributed by atoms with E-state index >= 15 is 0 Å². The molecule has 32 heavy (non-hydrogen) atoms.